The van der Waals surface area contributed by atoms with Gasteiger partial charge in [-0.25, -0.2) is 9.97 Å². The summed E-state index contributed by atoms with van der Waals surface area (Å²) >= 11 is 0. The number of nitrogen functional groups attached to an aromatic ring is 1. The van der Waals surface area contributed by atoms with E-state index in [4.69, 9.17) is 24.6 Å². The number of benzene rings is 1. The van der Waals surface area contributed by atoms with Crippen molar-refractivity contribution in [3.8, 4) is 22.8 Å². The second-order valence-corrected chi connectivity index (χ2v) is 7.79. The summed E-state index contributed by atoms with van der Waals surface area (Å²) in [7, 11) is 3.18. The second-order valence-electron chi connectivity index (χ2n) is 7.79. The predicted molar refractivity (Wildman–Crippen MR) is 127 cm³/mol. The third kappa shape index (κ3) is 3.88. The van der Waals surface area contributed by atoms with Crippen LogP contribution in [-0.4, -0.2) is 60.6 Å². The number of hydrogen-bond acceptors (Lipinski definition) is 10. The van der Waals surface area contributed by atoms with Crippen LogP contribution in [0.1, 0.15) is 10.6 Å². The van der Waals surface area contributed by atoms with Crippen molar-refractivity contribution < 1.29 is 18.7 Å². The van der Waals surface area contributed by atoms with Crippen LogP contribution in [-0.2, 0) is 0 Å². The minimum Gasteiger partial charge on any atom is -0.493 e. The zero-order chi connectivity index (χ0) is 23.7. The van der Waals surface area contributed by atoms with E-state index in [9.17, 15) is 4.79 Å². The number of nitrogens with two attached hydrogens (primary N) is 1. The van der Waals surface area contributed by atoms with Crippen molar-refractivity contribution in [2.45, 2.75) is 6.04 Å². The first-order chi connectivity index (χ1) is 16.6. The fraction of sp³-hybridized carbons (Fsp3) is 0.250. The first-order valence-corrected chi connectivity index (χ1v) is 10.8. The summed E-state index contributed by atoms with van der Waals surface area (Å²) in [5.41, 5.74) is 8.73. The molecular formula is C24H24N6O4. The Balaban J connectivity index is 1.61. The van der Waals surface area contributed by atoms with Crippen molar-refractivity contribution in [1.82, 2.24) is 20.3 Å². The summed E-state index contributed by atoms with van der Waals surface area (Å²) in [5.74, 6) is 2.01. The van der Waals surface area contributed by atoms with Crippen molar-refractivity contribution in [2.24, 2.45) is 0 Å². The number of pyridine rings is 1. The van der Waals surface area contributed by atoms with Gasteiger partial charge in [-0.2, -0.15) is 4.98 Å². The maximum Gasteiger partial charge on any atom is 0.222 e. The number of Topliss-reactive ketones (excluding diaryl/α,β-unsaturated/α-hetero) is 1. The van der Waals surface area contributed by atoms with Crippen LogP contribution >= 0.6 is 0 Å². The van der Waals surface area contributed by atoms with Gasteiger partial charge in [0.15, 0.2) is 23.1 Å². The Hall–Kier alpha value is -4.18. The van der Waals surface area contributed by atoms with E-state index < -0.39 is 6.04 Å². The molecule has 4 heterocycles. The highest BCUT2D eigenvalue weighted by atomic mass is 16.5. The Bertz CT molecular complexity index is 1340. The first-order valence-electron chi connectivity index (χ1n) is 10.8. The number of ether oxygens (including phenoxy) is 2. The lowest BCUT2D eigenvalue weighted by atomic mass is 10.1. The minimum absolute atomic E-state index is 0.117. The van der Waals surface area contributed by atoms with Gasteiger partial charge in [-0.15, -0.1) is 0 Å². The van der Waals surface area contributed by atoms with Crippen molar-refractivity contribution in [2.75, 3.05) is 44.5 Å². The van der Waals surface area contributed by atoms with Crippen LogP contribution in [0.15, 0.2) is 53.1 Å². The molecule has 0 bridgehead atoms. The smallest absolute Gasteiger partial charge is 0.222 e. The van der Waals surface area contributed by atoms with Crippen molar-refractivity contribution in [1.29, 1.82) is 0 Å². The van der Waals surface area contributed by atoms with E-state index in [2.05, 4.69) is 15.3 Å². The average molecular weight is 460 g/mol. The normalized spacial score (nSPS) is 15.9. The molecule has 3 N–H and O–H groups in total. The number of hydrogen-bond donors (Lipinski definition) is 2. The summed E-state index contributed by atoms with van der Waals surface area (Å²) in [6.07, 6.45) is 1.49. The number of fused-ring (bicyclic) bond motifs is 1. The number of carbonyl (C=O) groups excluding carboxylic acids is 1. The number of methoxy groups -OCH3 is 2. The number of nitrogens with one attached hydrogen (secondary N) is 1. The Morgan fingerprint density at radius 2 is 1.97 bits per heavy atom. The number of furan rings is 1. The van der Waals surface area contributed by atoms with Crippen molar-refractivity contribution in [3.05, 3.63) is 54.5 Å². The van der Waals surface area contributed by atoms with Gasteiger partial charge in [0.2, 0.25) is 11.7 Å². The molecule has 1 unspecified atom stereocenters. The van der Waals surface area contributed by atoms with E-state index in [1.54, 1.807) is 26.4 Å². The number of carbonyl (C=O) groups is 1. The SMILES string of the molecule is COc1ccc(-c2ccc3nc(N)nc(N4CCNCC4C(=O)c4ccco4)c3n2)cc1OC. The minimum atomic E-state index is -0.524. The van der Waals surface area contributed by atoms with Gasteiger partial charge in [0.05, 0.1) is 31.7 Å². The third-order valence-corrected chi connectivity index (χ3v) is 5.80. The van der Waals surface area contributed by atoms with Crippen molar-refractivity contribution >= 4 is 28.6 Å². The van der Waals surface area contributed by atoms with Crippen LogP contribution in [0.3, 0.4) is 0 Å². The average Bonchev–Trinajstić information content (AvgIpc) is 3.42. The highest BCUT2D eigenvalue weighted by molar-refractivity contribution is 6.01. The van der Waals surface area contributed by atoms with Gasteiger partial charge < -0.3 is 29.8 Å². The van der Waals surface area contributed by atoms with E-state index in [0.29, 0.717) is 59.4 Å². The number of aromatic nitrogens is 3. The standard InChI is InChI=1S/C24H24N6O4/c1-32-18-8-5-14(12-20(18)33-2)15-6-7-16-21(27-15)23(29-24(25)28-16)30-10-9-26-13-17(30)22(31)19-4-3-11-34-19/h3-8,11-12,17,26H,9-10,13H2,1-2H3,(H2,25,28,29). The third-order valence-electron chi connectivity index (χ3n) is 5.80. The second kappa shape index (κ2) is 8.99. The zero-order valence-corrected chi connectivity index (χ0v) is 18.8. The van der Waals surface area contributed by atoms with Crippen LogP contribution < -0.4 is 25.4 Å². The van der Waals surface area contributed by atoms with E-state index >= 15 is 0 Å². The van der Waals surface area contributed by atoms with Crippen LogP contribution in [0.4, 0.5) is 11.8 Å². The molecule has 10 heteroatoms. The van der Waals surface area contributed by atoms with Crippen molar-refractivity contribution in [3.63, 3.8) is 0 Å². The van der Waals surface area contributed by atoms with Crippen LogP contribution in [0, 0.1) is 0 Å². The summed E-state index contributed by atoms with van der Waals surface area (Å²) in [6, 6.07) is 12.1. The van der Waals surface area contributed by atoms with E-state index in [1.165, 1.54) is 6.26 Å². The number of ketones is 1. The Morgan fingerprint density at radius 1 is 1.12 bits per heavy atom. The molecule has 1 aliphatic rings. The first kappa shape index (κ1) is 21.7. The summed E-state index contributed by atoms with van der Waals surface area (Å²) in [5, 5.41) is 3.28. The van der Waals surface area contributed by atoms with Gasteiger partial charge >= 0.3 is 0 Å². The highest BCUT2D eigenvalue weighted by Gasteiger charge is 2.33. The van der Waals surface area contributed by atoms with Gasteiger partial charge in [-0.3, -0.25) is 4.79 Å². The molecule has 174 valence electrons. The molecule has 0 aliphatic carbocycles. The quantitative estimate of drug-likeness (QED) is 0.414. The Kier molecular flexibility index (Phi) is 5.72. The molecule has 0 spiro atoms. The number of anilines is 2. The summed E-state index contributed by atoms with van der Waals surface area (Å²) in [4.78, 5) is 28.9. The van der Waals surface area contributed by atoms with Gasteiger partial charge in [0.25, 0.3) is 0 Å². The Morgan fingerprint density at radius 3 is 2.74 bits per heavy atom. The molecule has 1 atom stereocenters. The molecule has 5 rings (SSSR count). The molecular weight excluding hydrogens is 436 g/mol. The van der Waals surface area contributed by atoms with Gasteiger partial charge in [0, 0.05) is 25.2 Å². The number of piperazine rings is 1. The monoisotopic (exact) mass is 460 g/mol. The molecule has 10 nitrogen and oxygen atoms in total. The lowest BCUT2D eigenvalue weighted by Gasteiger charge is -2.36. The topological polar surface area (TPSA) is 129 Å². The molecule has 0 saturated carbocycles. The molecule has 0 amide bonds. The number of rotatable bonds is 6. The Labute approximate surface area is 195 Å². The fourth-order valence-corrected chi connectivity index (χ4v) is 4.15. The molecule has 1 fully saturated rings. The van der Waals surface area contributed by atoms with E-state index in [-0.39, 0.29) is 11.7 Å². The van der Waals surface area contributed by atoms with E-state index in [0.717, 1.165) is 5.56 Å². The maximum absolute atomic E-state index is 13.2. The number of nitrogens with zero attached hydrogens (tertiary/aromatic N) is 4. The van der Waals surface area contributed by atoms with Crippen LogP contribution in [0.2, 0.25) is 0 Å². The molecule has 4 aromatic rings. The van der Waals surface area contributed by atoms with Gasteiger partial charge in [-0.1, -0.05) is 0 Å². The van der Waals surface area contributed by atoms with E-state index in [1.807, 2.05) is 35.2 Å². The largest absolute Gasteiger partial charge is 0.493 e. The van der Waals surface area contributed by atoms with Gasteiger partial charge in [0.1, 0.15) is 11.6 Å². The molecule has 1 aliphatic heterocycles. The molecule has 1 saturated heterocycles. The molecule has 34 heavy (non-hydrogen) atoms. The fourth-order valence-electron chi connectivity index (χ4n) is 4.15. The van der Waals surface area contributed by atoms with Crippen LogP contribution in [0.25, 0.3) is 22.3 Å². The lowest BCUT2D eigenvalue weighted by Crippen LogP contribution is -2.55. The van der Waals surface area contributed by atoms with Gasteiger partial charge in [-0.05, 0) is 42.5 Å². The summed E-state index contributed by atoms with van der Waals surface area (Å²) < 4.78 is 16.1. The molecule has 1 aromatic carbocycles. The maximum atomic E-state index is 13.2. The van der Waals surface area contributed by atoms with Crippen LogP contribution in [0.5, 0.6) is 11.5 Å². The molecule has 3 aromatic heterocycles. The predicted octanol–water partition coefficient (Wildman–Crippen LogP) is 2.55. The molecule has 0 radical (unpaired) electrons. The lowest BCUT2D eigenvalue weighted by molar-refractivity contribution is 0.0923. The zero-order valence-electron chi connectivity index (χ0n) is 18.8. The summed E-state index contributed by atoms with van der Waals surface area (Å²) in [6.45, 7) is 1.67. The highest BCUT2D eigenvalue weighted by Crippen LogP contribution is 2.33.